The molecule has 0 radical (unpaired) electrons. The predicted molar refractivity (Wildman–Crippen MR) is 154 cm³/mol. The van der Waals surface area contributed by atoms with E-state index in [1.165, 1.54) is 96.0 Å². The van der Waals surface area contributed by atoms with E-state index in [1.807, 2.05) is 24.3 Å². The molecule has 1 aliphatic heterocycles. The van der Waals surface area contributed by atoms with Gasteiger partial charge in [0.2, 0.25) is 0 Å². The maximum absolute atomic E-state index is 11.9. The summed E-state index contributed by atoms with van der Waals surface area (Å²) in [6.45, 7) is 2.95. The van der Waals surface area contributed by atoms with Gasteiger partial charge in [0.05, 0.1) is 22.4 Å². The summed E-state index contributed by atoms with van der Waals surface area (Å²) in [5.74, 6) is 0. The van der Waals surface area contributed by atoms with Gasteiger partial charge in [0.25, 0.3) is 0 Å². The van der Waals surface area contributed by atoms with Gasteiger partial charge >= 0.3 is 29.6 Å². The van der Waals surface area contributed by atoms with E-state index in [4.69, 9.17) is 0 Å². The topological polar surface area (TPSA) is 72.5 Å². The molecule has 0 amide bonds. The molecule has 3 rings (SSSR count). The van der Waals surface area contributed by atoms with E-state index in [-0.39, 0.29) is 40.6 Å². The second-order valence-electron chi connectivity index (χ2n) is 10.6. The molecule has 0 spiro atoms. The Kier molecular flexibility index (Phi) is 16.0. The third-order valence-electron chi connectivity index (χ3n) is 7.55. The minimum Gasteiger partial charge on any atom is -0.744 e. The maximum Gasteiger partial charge on any atom is 1.00 e. The largest absolute Gasteiger partial charge is 1.00 e. The van der Waals surface area contributed by atoms with Crippen molar-refractivity contribution in [1.82, 2.24) is 0 Å². The molecule has 0 aromatic heterocycles. The van der Waals surface area contributed by atoms with Crippen LogP contribution in [0.25, 0.3) is 0 Å². The standard InChI is InChI=1S/C31H48N2O3S.Na/c1-2-3-4-5-6-7-8-9-10-11-12-13-14-15-19-25-30-32-31-28(23-20-24-29(31)37(34,35)36)33(30)26-27-21-17-16-18-22-27;/h16-18,20-24,30,32H,2-15,19,25-26H2,1H3,(H,34,35,36);/q;+1/p-1. The first-order valence-electron chi connectivity index (χ1n) is 14.7. The molecule has 5 nitrogen and oxygen atoms in total. The van der Waals surface area contributed by atoms with Gasteiger partial charge in [-0.1, -0.05) is 133 Å². The average Bonchev–Trinajstić information content (AvgIpc) is 3.23. The molecule has 0 saturated carbocycles. The molecule has 206 valence electrons. The number of anilines is 2. The van der Waals surface area contributed by atoms with Crippen LogP contribution in [0.1, 0.15) is 115 Å². The minimum atomic E-state index is -4.54. The molecule has 1 aliphatic rings. The molecule has 1 unspecified atom stereocenters. The van der Waals surface area contributed by atoms with E-state index in [1.54, 1.807) is 6.07 Å². The number of benzene rings is 2. The Bertz CT molecular complexity index is 1020. The Hall–Kier alpha value is -1.05. The molecular weight excluding hydrogens is 503 g/mol. The summed E-state index contributed by atoms with van der Waals surface area (Å²) in [6, 6.07) is 15.2. The van der Waals surface area contributed by atoms with Gasteiger partial charge in [0, 0.05) is 6.54 Å². The van der Waals surface area contributed by atoms with E-state index < -0.39 is 10.1 Å². The van der Waals surface area contributed by atoms with Crippen LogP contribution < -0.4 is 39.8 Å². The maximum atomic E-state index is 11.9. The van der Waals surface area contributed by atoms with Gasteiger partial charge in [-0.15, -0.1) is 0 Å². The van der Waals surface area contributed by atoms with Crippen LogP contribution in [0.3, 0.4) is 0 Å². The van der Waals surface area contributed by atoms with Crippen molar-refractivity contribution >= 4 is 21.5 Å². The Morgan fingerprint density at radius 2 is 1.26 bits per heavy atom. The zero-order valence-corrected chi connectivity index (χ0v) is 26.6. The molecule has 1 heterocycles. The van der Waals surface area contributed by atoms with Crippen molar-refractivity contribution in [2.75, 3.05) is 10.2 Å². The van der Waals surface area contributed by atoms with Gasteiger partial charge < -0.3 is 14.8 Å². The van der Waals surface area contributed by atoms with E-state index in [0.29, 0.717) is 12.2 Å². The number of nitrogens with one attached hydrogen (secondary N) is 1. The minimum absolute atomic E-state index is 0. The first-order chi connectivity index (χ1) is 18.0. The number of fused-ring (bicyclic) bond motifs is 1. The summed E-state index contributed by atoms with van der Waals surface area (Å²) >= 11 is 0. The molecule has 2 aromatic rings. The van der Waals surface area contributed by atoms with Crippen LogP contribution in [-0.2, 0) is 16.7 Å². The molecule has 0 bridgehead atoms. The van der Waals surface area contributed by atoms with Crippen molar-refractivity contribution in [3.05, 3.63) is 54.1 Å². The summed E-state index contributed by atoms with van der Waals surface area (Å²) in [6.07, 6.45) is 20.9. The number of rotatable bonds is 19. The zero-order valence-electron chi connectivity index (χ0n) is 23.8. The number of para-hydroxylation sites is 1. The van der Waals surface area contributed by atoms with Gasteiger partial charge in [0.15, 0.2) is 0 Å². The molecule has 0 saturated heterocycles. The first-order valence-corrected chi connectivity index (χ1v) is 16.1. The molecule has 1 atom stereocenters. The van der Waals surface area contributed by atoms with Crippen molar-refractivity contribution in [1.29, 1.82) is 0 Å². The summed E-state index contributed by atoms with van der Waals surface area (Å²) in [5, 5.41) is 3.38. The van der Waals surface area contributed by atoms with Gasteiger partial charge in [-0.05, 0) is 30.5 Å². The van der Waals surface area contributed by atoms with Crippen molar-refractivity contribution < 1.29 is 42.5 Å². The summed E-state index contributed by atoms with van der Waals surface area (Å²) in [5.41, 5.74) is 2.42. The quantitative estimate of drug-likeness (QED) is 0.140. The molecule has 0 aliphatic carbocycles. The van der Waals surface area contributed by atoms with Crippen LogP contribution in [0.15, 0.2) is 53.4 Å². The smallest absolute Gasteiger partial charge is 0.744 e. The molecule has 7 heteroatoms. The van der Waals surface area contributed by atoms with E-state index in [9.17, 15) is 13.0 Å². The second kappa shape index (κ2) is 18.3. The van der Waals surface area contributed by atoms with Crippen LogP contribution >= 0.6 is 0 Å². The fraction of sp³-hybridized carbons (Fsp3) is 0.613. The van der Waals surface area contributed by atoms with E-state index in [2.05, 4.69) is 29.3 Å². The normalized spacial score (nSPS) is 14.7. The molecule has 38 heavy (non-hydrogen) atoms. The molecular formula is C31H47N2NaO3S. The summed E-state index contributed by atoms with van der Waals surface area (Å²) in [4.78, 5) is 2.06. The predicted octanol–water partition coefficient (Wildman–Crippen LogP) is 5.61. The van der Waals surface area contributed by atoms with Crippen molar-refractivity contribution in [2.45, 2.75) is 127 Å². The SMILES string of the molecule is CCCCCCCCCCCCCCCCCC1Nc2c(cccc2S(=O)(=O)[O-])N1Cc1ccccc1.[Na+]. The summed E-state index contributed by atoms with van der Waals surface area (Å²) in [7, 11) is -4.54. The fourth-order valence-electron chi connectivity index (χ4n) is 5.44. The van der Waals surface area contributed by atoms with Crippen LogP contribution in [0, 0.1) is 0 Å². The Morgan fingerprint density at radius 1 is 0.737 bits per heavy atom. The van der Waals surface area contributed by atoms with E-state index >= 15 is 0 Å². The summed E-state index contributed by atoms with van der Waals surface area (Å²) < 4.78 is 35.6. The second-order valence-corrected chi connectivity index (χ2v) is 12.0. The van der Waals surface area contributed by atoms with Crippen molar-refractivity contribution in [3.8, 4) is 0 Å². The molecule has 0 fully saturated rings. The van der Waals surface area contributed by atoms with Gasteiger partial charge in [-0.3, -0.25) is 0 Å². The molecule has 1 N–H and O–H groups in total. The monoisotopic (exact) mass is 550 g/mol. The fourth-order valence-corrected chi connectivity index (χ4v) is 6.10. The number of nitrogens with zero attached hydrogens (tertiary/aromatic N) is 1. The van der Waals surface area contributed by atoms with Gasteiger partial charge in [-0.25, -0.2) is 8.42 Å². The average molecular weight is 551 g/mol. The van der Waals surface area contributed by atoms with Crippen LogP contribution in [0.5, 0.6) is 0 Å². The zero-order chi connectivity index (χ0) is 26.3. The van der Waals surface area contributed by atoms with Crippen molar-refractivity contribution in [2.24, 2.45) is 0 Å². The Labute approximate surface area is 254 Å². The number of hydrogen-bond acceptors (Lipinski definition) is 5. The van der Waals surface area contributed by atoms with Crippen LogP contribution in [-0.4, -0.2) is 19.1 Å². The van der Waals surface area contributed by atoms with Gasteiger partial charge in [0.1, 0.15) is 10.1 Å². The van der Waals surface area contributed by atoms with E-state index in [0.717, 1.165) is 24.1 Å². The van der Waals surface area contributed by atoms with Crippen molar-refractivity contribution in [3.63, 3.8) is 0 Å². The third-order valence-corrected chi connectivity index (χ3v) is 8.43. The van der Waals surface area contributed by atoms with Crippen LogP contribution in [0.4, 0.5) is 11.4 Å². The van der Waals surface area contributed by atoms with Gasteiger partial charge in [-0.2, -0.15) is 0 Å². The Morgan fingerprint density at radius 3 is 1.79 bits per heavy atom. The van der Waals surface area contributed by atoms with Crippen LogP contribution in [0.2, 0.25) is 0 Å². The number of hydrogen-bond donors (Lipinski definition) is 1. The third kappa shape index (κ3) is 11.2. The first kappa shape index (κ1) is 33.2. The Balaban J connectivity index is 0.00000507. The molecule has 2 aromatic carbocycles. The number of unbranched alkanes of at least 4 members (excludes halogenated alkanes) is 14.